The van der Waals surface area contributed by atoms with Crippen molar-refractivity contribution in [2.45, 2.75) is 83.5 Å². The largest absolute Gasteiger partial charge is 0.463 e. The number of benzene rings is 1. The van der Waals surface area contributed by atoms with Crippen molar-refractivity contribution in [2.24, 2.45) is 5.92 Å². The summed E-state index contributed by atoms with van der Waals surface area (Å²) in [4.78, 5) is 11.8. The van der Waals surface area contributed by atoms with Crippen LogP contribution < -0.4 is 0 Å². The average Bonchev–Trinajstić information content (AvgIpc) is 2.69. The molecule has 0 radical (unpaired) electrons. The number of carbonyl (C=O) groups is 1. The molecule has 1 aromatic carbocycles. The van der Waals surface area contributed by atoms with Crippen LogP contribution in [0, 0.1) is 5.92 Å². The molecule has 0 heterocycles. The lowest BCUT2D eigenvalue weighted by atomic mass is 9.76. The Morgan fingerprint density at radius 2 is 1.62 bits per heavy atom. The molecule has 0 spiro atoms. The topological polar surface area (TPSA) is 26.3 Å². The van der Waals surface area contributed by atoms with Crippen LogP contribution in [0.5, 0.6) is 0 Å². The second-order valence-corrected chi connectivity index (χ2v) is 8.09. The van der Waals surface area contributed by atoms with Gasteiger partial charge in [-0.25, -0.2) is 4.79 Å². The Bertz CT molecular complexity index is 606. The first kappa shape index (κ1) is 19.2. The van der Waals surface area contributed by atoms with Gasteiger partial charge in [0.2, 0.25) is 0 Å². The van der Waals surface area contributed by atoms with E-state index in [0.29, 0.717) is 12.5 Å². The van der Waals surface area contributed by atoms with Gasteiger partial charge in [0.15, 0.2) is 0 Å². The minimum absolute atomic E-state index is 0.125. The van der Waals surface area contributed by atoms with Crippen LogP contribution in [0.2, 0.25) is 0 Å². The van der Waals surface area contributed by atoms with E-state index in [1.807, 2.05) is 6.92 Å². The standard InChI is InChI=1S/C24H34O2/c1-3-5-18-6-8-19(9-7-18)20-10-12-21(13-11-20)22-14-16-23(17-15-22)24(25)26-4-2/h10-13,16,18-19,22H,3-9,14-15,17H2,1-2H3. The highest BCUT2D eigenvalue weighted by atomic mass is 16.5. The Morgan fingerprint density at radius 3 is 2.15 bits per heavy atom. The van der Waals surface area contributed by atoms with Crippen molar-refractivity contribution in [3.8, 4) is 0 Å². The molecule has 1 unspecified atom stereocenters. The first-order valence-electron chi connectivity index (χ1n) is 10.7. The van der Waals surface area contributed by atoms with E-state index in [0.717, 1.165) is 36.7 Å². The molecule has 26 heavy (non-hydrogen) atoms. The maximum Gasteiger partial charge on any atom is 0.333 e. The second kappa shape index (κ2) is 9.39. The predicted molar refractivity (Wildman–Crippen MR) is 107 cm³/mol. The molecule has 1 atom stereocenters. The summed E-state index contributed by atoms with van der Waals surface area (Å²) < 4.78 is 5.12. The first-order chi connectivity index (χ1) is 12.7. The summed E-state index contributed by atoms with van der Waals surface area (Å²) in [6, 6.07) is 9.40. The quantitative estimate of drug-likeness (QED) is 0.544. The number of rotatable bonds is 6. The third-order valence-electron chi connectivity index (χ3n) is 6.37. The SMILES string of the molecule is CCCC1CCC(c2ccc(C3CC=C(C(=O)OCC)CC3)cc2)CC1. The van der Waals surface area contributed by atoms with Crippen LogP contribution in [0.3, 0.4) is 0 Å². The molecule has 0 aliphatic heterocycles. The van der Waals surface area contributed by atoms with Gasteiger partial charge in [-0.2, -0.15) is 0 Å². The van der Waals surface area contributed by atoms with Gasteiger partial charge in [-0.1, -0.05) is 50.1 Å². The Labute approximate surface area is 159 Å². The lowest BCUT2D eigenvalue weighted by Crippen LogP contribution is -2.14. The summed E-state index contributed by atoms with van der Waals surface area (Å²) >= 11 is 0. The average molecular weight is 355 g/mol. The highest BCUT2D eigenvalue weighted by molar-refractivity contribution is 5.88. The van der Waals surface area contributed by atoms with Crippen LogP contribution >= 0.6 is 0 Å². The molecule has 1 fully saturated rings. The molecule has 0 amide bonds. The van der Waals surface area contributed by atoms with Gasteiger partial charge in [0, 0.05) is 5.57 Å². The third-order valence-corrected chi connectivity index (χ3v) is 6.37. The Kier molecular flexibility index (Phi) is 6.93. The van der Waals surface area contributed by atoms with Crippen molar-refractivity contribution in [3.05, 3.63) is 47.0 Å². The van der Waals surface area contributed by atoms with Crippen LogP contribution in [0.1, 0.15) is 94.6 Å². The summed E-state index contributed by atoms with van der Waals surface area (Å²) in [6.45, 7) is 4.63. The highest BCUT2D eigenvalue weighted by Crippen LogP contribution is 2.38. The molecule has 2 aliphatic carbocycles. The number of hydrogen-bond acceptors (Lipinski definition) is 2. The lowest BCUT2D eigenvalue weighted by molar-refractivity contribution is -0.138. The molecule has 1 saturated carbocycles. The Balaban J connectivity index is 1.55. The molecule has 3 rings (SSSR count). The first-order valence-corrected chi connectivity index (χ1v) is 10.7. The third kappa shape index (κ3) is 4.78. The molecule has 2 heteroatoms. The monoisotopic (exact) mass is 354 g/mol. The van der Waals surface area contributed by atoms with Crippen molar-refractivity contribution in [1.82, 2.24) is 0 Å². The normalized spacial score (nSPS) is 26.2. The van der Waals surface area contributed by atoms with E-state index in [-0.39, 0.29) is 5.97 Å². The van der Waals surface area contributed by atoms with Crippen LogP contribution in [0.15, 0.2) is 35.9 Å². The highest BCUT2D eigenvalue weighted by Gasteiger charge is 2.23. The summed E-state index contributed by atoms with van der Waals surface area (Å²) in [5, 5.41) is 0. The van der Waals surface area contributed by atoms with Crippen molar-refractivity contribution >= 4 is 5.97 Å². The van der Waals surface area contributed by atoms with Crippen LogP contribution in [0.4, 0.5) is 0 Å². The molecular formula is C24H34O2. The number of esters is 1. The zero-order chi connectivity index (χ0) is 18.4. The summed E-state index contributed by atoms with van der Waals surface area (Å²) in [5.74, 6) is 2.15. The van der Waals surface area contributed by atoms with Gasteiger partial charge in [0.1, 0.15) is 0 Å². The number of ether oxygens (including phenoxy) is 1. The van der Waals surface area contributed by atoms with E-state index in [1.54, 1.807) is 0 Å². The molecular weight excluding hydrogens is 320 g/mol. The molecule has 0 N–H and O–H groups in total. The van der Waals surface area contributed by atoms with E-state index in [1.165, 1.54) is 49.7 Å². The Morgan fingerprint density at radius 1 is 0.962 bits per heavy atom. The number of hydrogen-bond donors (Lipinski definition) is 0. The zero-order valence-corrected chi connectivity index (χ0v) is 16.5. The number of allylic oxidation sites excluding steroid dienone is 1. The molecule has 142 valence electrons. The minimum atomic E-state index is -0.125. The second-order valence-electron chi connectivity index (χ2n) is 8.09. The van der Waals surface area contributed by atoms with E-state index < -0.39 is 0 Å². The fraction of sp³-hybridized carbons (Fsp3) is 0.625. The van der Waals surface area contributed by atoms with Gasteiger partial charge in [0.05, 0.1) is 6.61 Å². The fourth-order valence-electron chi connectivity index (χ4n) is 4.78. The van der Waals surface area contributed by atoms with Crippen molar-refractivity contribution in [3.63, 3.8) is 0 Å². The fourth-order valence-corrected chi connectivity index (χ4v) is 4.78. The lowest BCUT2D eigenvalue weighted by Gasteiger charge is -2.29. The van der Waals surface area contributed by atoms with Gasteiger partial charge in [-0.05, 0) is 80.8 Å². The molecule has 0 saturated heterocycles. The maximum atomic E-state index is 11.8. The van der Waals surface area contributed by atoms with Gasteiger partial charge in [0.25, 0.3) is 0 Å². The van der Waals surface area contributed by atoms with Gasteiger partial charge in [-0.15, -0.1) is 0 Å². The maximum absolute atomic E-state index is 11.8. The van der Waals surface area contributed by atoms with Gasteiger partial charge < -0.3 is 4.74 Å². The smallest absolute Gasteiger partial charge is 0.333 e. The summed E-state index contributed by atoms with van der Waals surface area (Å²) in [6.07, 6.45) is 13.2. The minimum Gasteiger partial charge on any atom is -0.463 e. The van der Waals surface area contributed by atoms with E-state index in [4.69, 9.17) is 4.74 Å². The molecule has 0 aromatic heterocycles. The van der Waals surface area contributed by atoms with Crippen molar-refractivity contribution in [2.75, 3.05) is 6.61 Å². The number of carbonyl (C=O) groups excluding carboxylic acids is 1. The van der Waals surface area contributed by atoms with Crippen LogP contribution in [-0.4, -0.2) is 12.6 Å². The Hall–Kier alpha value is -1.57. The zero-order valence-electron chi connectivity index (χ0n) is 16.5. The van der Waals surface area contributed by atoms with E-state index >= 15 is 0 Å². The molecule has 2 aliphatic rings. The van der Waals surface area contributed by atoms with Crippen LogP contribution in [-0.2, 0) is 9.53 Å². The van der Waals surface area contributed by atoms with Gasteiger partial charge in [-0.3, -0.25) is 0 Å². The molecule has 1 aromatic rings. The molecule has 0 bridgehead atoms. The van der Waals surface area contributed by atoms with Crippen molar-refractivity contribution < 1.29 is 9.53 Å². The van der Waals surface area contributed by atoms with E-state index in [9.17, 15) is 4.79 Å². The van der Waals surface area contributed by atoms with E-state index in [2.05, 4.69) is 37.3 Å². The molecule has 2 nitrogen and oxygen atoms in total. The van der Waals surface area contributed by atoms with Crippen LogP contribution in [0.25, 0.3) is 0 Å². The van der Waals surface area contributed by atoms with Crippen molar-refractivity contribution in [1.29, 1.82) is 0 Å². The van der Waals surface area contributed by atoms with Gasteiger partial charge >= 0.3 is 5.97 Å². The predicted octanol–water partition coefficient (Wildman–Crippen LogP) is 6.52. The summed E-state index contributed by atoms with van der Waals surface area (Å²) in [7, 11) is 0. The summed E-state index contributed by atoms with van der Waals surface area (Å²) in [5.41, 5.74) is 3.82.